The van der Waals surface area contributed by atoms with Gasteiger partial charge in [0.1, 0.15) is 7.85 Å². The summed E-state index contributed by atoms with van der Waals surface area (Å²) in [4.78, 5) is 2.31. The van der Waals surface area contributed by atoms with Crippen LogP contribution in [0.5, 0.6) is 0 Å². The molecule has 1 rings (SSSR count). The van der Waals surface area contributed by atoms with Gasteiger partial charge in [0.05, 0.1) is 0 Å². The fourth-order valence-corrected chi connectivity index (χ4v) is 1.52. The van der Waals surface area contributed by atoms with Crippen molar-refractivity contribution in [2.75, 3.05) is 20.1 Å². The van der Waals surface area contributed by atoms with Crippen molar-refractivity contribution in [2.45, 2.75) is 13.0 Å². The molecule has 0 amide bonds. The van der Waals surface area contributed by atoms with E-state index in [1.807, 2.05) is 0 Å². The molecule has 0 aliphatic heterocycles. The van der Waals surface area contributed by atoms with Gasteiger partial charge in [0.2, 0.25) is 0 Å². The second kappa shape index (κ2) is 5.84. The van der Waals surface area contributed by atoms with E-state index < -0.39 is 0 Å². The molecule has 2 nitrogen and oxygen atoms in total. The first kappa shape index (κ1) is 11.3. The maximum Gasteiger partial charge on any atom is 0.139 e. The minimum absolute atomic E-state index is 0.776. The van der Waals surface area contributed by atoms with Crippen LogP contribution in [0.2, 0.25) is 0 Å². The summed E-state index contributed by atoms with van der Waals surface area (Å²) in [6.45, 7) is 2.87. The quantitative estimate of drug-likeness (QED) is 0.647. The Kier molecular flexibility index (Phi) is 4.70. The number of rotatable bonds is 5. The van der Waals surface area contributed by atoms with Gasteiger partial charge >= 0.3 is 0 Å². The highest BCUT2D eigenvalue weighted by Crippen LogP contribution is 1.99. The van der Waals surface area contributed by atoms with E-state index in [1.54, 1.807) is 0 Å². The average molecular weight is 190 g/mol. The number of nitrogens with two attached hydrogens (primary N) is 1. The summed E-state index contributed by atoms with van der Waals surface area (Å²) in [5.74, 6) is 0. The molecule has 0 atom stereocenters. The average Bonchev–Trinajstić information content (AvgIpc) is 2.18. The Labute approximate surface area is 87.5 Å². The molecule has 1 aromatic carbocycles. The van der Waals surface area contributed by atoms with Gasteiger partial charge in [-0.25, -0.2) is 0 Å². The third-order valence-electron chi connectivity index (χ3n) is 2.45. The number of hydrogen-bond donors (Lipinski definition) is 1. The van der Waals surface area contributed by atoms with E-state index >= 15 is 0 Å². The lowest BCUT2D eigenvalue weighted by Crippen LogP contribution is -2.24. The van der Waals surface area contributed by atoms with Gasteiger partial charge < -0.3 is 10.6 Å². The molecule has 0 aliphatic carbocycles. The first-order chi connectivity index (χ1) is 6.74. The first-order valence-corrected chi connectivity index (χ1v) is 5.17. The molecule has 76 valence electrons. The smallest absolute Gasteiger partial charge is 0.139 e. The van der Waals surface area contributed by atoms with Crippen LogP contribution in [0.4, 0.5) is 0 Å². The van der Waals surface area contributed by atoms with Gasteiger partial charge in [-0.1, -0.05) is 29.7 Å². The molecule has 14 heavy (non-hydrogen) atoms. The largest absolute Gasteiger partial charge is 0.330 e. The summed E-state index contributed by atoms with van der Waals surface area (Å²) in [6, 6.07) is 8.53. The van der Waals surface area contributed by atoms with Crippen molar-refractivity contribution in [1.29, 1.82) is 0 Å². The van der Waals surface area contributed by atoms with Crippen molar-refractivity contribution in [1.82, 2.24) is 4.90 Å². The zero-order valence-electron chi connectivity index (χ0n) is 9.16. The van der Waals surface area contributed by atoms with Crippen LogP contribution in [-0.2, 0) is 6.54 Å². The molecule has 0 spiro atoms. The summed E-state index contributed by atoms with van der Waals surface area (Å²) in [6.07, 6.45) is 1.07. The van der Waals surface area contributed by atoms with Crippen molar-refractivity contribution in [2.24, 2.45) is 5.73 Å². The molecular weight excluding hydrogens is 171 g/mol. The topological polar surface area (TPSA) is 29.3 Å². The van der Waals surface area contributed by atoms with Crippen LogP contribution in [0, 0.1) is 0 Å². The van der Waals surface area contributed by atoms with E-state index in [-0.39, 0.29) is 0 Å². The Balaban J connectivity index is 2.47. The summed E-state index contributed by atoms with van der Waals surface area (Å²) >= 11 is 0. The van der Waals surface area contributed by atoms with Crippen LogP contribution >= 0.6 is 0 Å². The third-order valence-corrected chi connectivity index (χ3v) is 2.45. The lowest BCUT2D eigenvalue weighted by Gasteiger charge is -2.17. The Morgan fingerprint density at radius 1 is 1.36 bits per heavy atom. The Bertz CT molecular complexity index is 276. The third kappa shape index (κ3) is 3.52. The summed E-state index contributed by atoms with van der Waals surface area (Å²) in [5.41, 5.74) is 8.25. The highest BCUT2D eigenvalue weighted by molar-refractivity contribution is 6.33. The zero-order valence-corrected chi connectivity index (χ0v) is 9.16. The van der Waals surface area contributed by atoms with E-state index in [0.29, 0.717) is 0 Å². The van der Waals surface area contributed by atoms with Gasteiger partial charge in [-0.3, -0.25) is 0 Å². The van der Waals surface area contributed by atoms with E-state index in [0.717, 1.165) is 26.1 Å². The van der Waals surface area contributed by atoms with Gasteiger partial charge in [-0.05, 0) is 32.1 Å². The van der Waals surface area contributed by atoms with E-state index in [1.165, 1.54) is 11.0 Å². The monoisotopic (exact) mass is 190 g/mol. The molecule has 1 aromatic rings. The lowest BCUT2D eigenvalue weighted by atomic mass is 9.90. The highest BCUT2D eigenvalue weighted by atomic mass is 15.1. The van der Waals surface area contributed by atoms with Gasteiger partial charge in [-0.15, -0.1) is 0 Å². The Morgan fingerprint density at radius 3 is 2.71 bits per heavy atom. The van der Waals surface area contributed by atoms with E-state index in [9.17, 15) is 0 Å². The first-order valence-electron chi connectivity index (χ1n) is 5.17. The second-order valence-electron chi connectivity index (χ2n) is 3.81. The van der Waals surface area contributed by atoms with Crippen LogP contribution in [0.15, 0.2) is 24.3 Å². The van der Waals surface area contributed by atoms with Gasteiger partial charge in [0.15, 0.2) is 0 Å². The molecular formula is C11H19BN2. The Morgan fingerprint density at radius 2 is 2.07 bits per heavy atom. The minimum atomic E-state index is 0.776. The van der Waals surface area contributed by atoms with Crippen LogP contribution in [0.25, 0.3) is 0 Å². The van der Waals surface area contributed by atoms with Crippen molar-refractivity contribution in [3.63, 3.8) is 0 Å². The molecule has 0 unspecified atom stereocenters. The van der Waals surface area contributed by atoms with Crippen LogP contribution in [0.3, 0.4) is 0 Å². The van der Waals surface area contributed by atoms with Gasteiger partial charge in [-0.2, -0.15) is 0 Å². The summed E-state index contributed by atoms with van der Waals surface area (Å²) in [7, 11) is 4.30. The molecule has 0 saturated heterocycles. The SMILES string of the molecule is Bc1ccccc1CN(C)CCCN. The maximum atomic E-state index is 5.47. The molecule has 3 heteroatoms. The molecule has 0 fully saturated rings. The predicted octanol–water partition coefficient (Wildman–Crippen LogP) is -0.274. The van der Waals surface area contributed by atoms with E-state index in [2.05, 4.69) is 44.1 Å². The zero-order chi connectivity index (χ0) is 10.4. The molecule has 0 bridgehead atoms. The summed E-state index contributed by atoms with van der Waals surface area (Å²) < 4.78 is 0. The highest BCUT2D eigenvalue weighted by Gasteiger charge is 2.01. The van der Waals surface area contributed by atoms with Gasteiger partial charge in [0.25, 0.3) is 0 Å². The molecule has 2 N–H and O–H groups in total. The molecule has 0 heterocycles. The number of hydrogen-bond acceptors (Lipinski definition) is 2. The fraction of sp³-hybridized carbons (Fsp3) is 0.455. The number of benzene rings is 1. The summed E-state index contributed by atoms with van der Waals surface area (Å²) in [5, 5.41) is 0. The van der Waals surface area contributed by atoms with Crippen LogP contribution in [-0.4, -0.2) is 32.9 Å². The van der Waals surface area contributed by atoms with Crippen molar-refractivity contribution in [3.05, 3.63) is 29.8 Å². The molecule has 0 aromatic heterocycles. The van der Waals surface area contributed by atoms with Crippen LogP contribution in [0.1, 0.15) is 12.0 Å². The van der Waals surface area contributed by atoms with Gasteiger partial charge in [0, 0.05) is 6.54 Å². The van der Waals surface area contributed by atoms with Crippen molar-refractivity contribution < 1.29 is 0 Å². The van der Waals surface area contributed by atoms with Crippen molar-refractivity contribution in [3.8, 4) is 0 Å². The Hall–Kier alpha value is -0.795. The molecule has 0 saturated carbocycles. The predicted molar refractivity (Wildman–Crippen MR) is 64.6 cm³/mol. The van der Waals surface area contributed by atoms with E-state index in [4.69, 9.17) is 5.73 Å². The molecule has 0 radical (unpaired) electrons. The lowest BCUT2D eigenvalue weighted by molar-refractivity contribution is 0.325. The number of nitrogens with zero attached hydrogens (tertiary/aromatic N) is 1. The minimum Gasteiger partial charge on any atom is -0.330 e. The van der Waals surface area contributed by atoms with Crippen LogP contribution < -0.4 is 11.2 Å². The second-order valence-corrected chi connectivity index (χ2v) is 3.81. The maximum absolute atomic E-state index is 5.47. The molecule has 0 aliphatic rings. The fourth-order valence-electron chi connectivity index (χ4n) is 1.52. The van der Waals surface area contributed by atoms with Crippen molar-refractivity contribution >= 4 is 13.3 Å². The normalized spacial score (nSPS) is 10.8. The standard InChI is InChI=1S/C11H19BN2/c1-14(8-4-7-13)9-10-5-2-3-6-11(10)12/h2-3,5-6H,4,7-9,12-13H2,1H3.